The smallest absolute Gasteiger partial charge is 0.247 e. The molecule has 12 heteroatoms. The monoisotopic (exact) mass is 663 g/mol. The molecule has 3 saturated heterocycles. The Balaban J connectivity index is 1.08. The number of hydroxylamine groups is 1. The van der Waals surface area contributed by atoms with Crippen LogP contribution in [0.25, 0.3) is 0 Å². The number of carbonyl (C=O) groups is 1. The summed E-state index contributed by atoms with van der Waals surface area (Å²) in [6.45, 7) is 11.8. The number of ether oxygens (including phenoxy) is 1. The van der Waals surface area contributed by atoms with E-state index in [1.165, 1.54) is 31.8 Å². The number of aromatic nitrogens is 2. The summed E-state index contributed by atoms with van der Waals surface area (Å²) in [6.07, 6.45) is 8.39. The summed E-state index contributed by atoms with van der Waals surface area (Å²) in [5.74, 6) is 1.47. The molecule has 1 aliphatic carbocycles. The SMILES string of the molecule is C=CC(=O)Nc1cc(Nc2cc(N3OCC[C@@H]3c3cccc(C#N)c3)ncn2)c(OC)cc1N1CCC(N2CCN(C3CC3)[C@H](C)C2)CC1. The maximum atomic E-state index is 12.6. The number of nitriles is 1. The topological polar surface area (TPSA) is 122 Å². The number of hydrogen-bond donors (Lipinski definition) is 2. The van der Waals surface area contributed by atoms with E-state index in [1.54, 1.807) is 18.2 Å². The molecule has 2 atom stereocenters. The highest BCUT2D eigenvalue weighted by molar-refractivity contribution is 6.02. The van der Waals surface area contributed by atoms with Gasteiger partial charge in [-0.15, -0.1) is 0 Å². The maximum Gasteiger partial charge on any atom is 0.247 e. The fourth-order valence-electron chi connectivity index (χ4n) is 7.62. The molecule has 7 rings (SSSR count). The van der Waals surface area contributed by atoms with E-state index in [2.05, 4.69) is 54.9 Å². The largest absolute Gasteiger partial charge is 0.494 e. The van der Waals surface area contributed by atoms with E-state index < -0.39 is 0 Å². The number of anilines is 5. The van der Waals surface area contributed by atoms with Crippen molar-refractivity contribution in [2.45, 2.75) is 63.2 Å². The molecule has 4 fully saturated rings. The van der Waals surface area contributed by atoms with Crippen LogP contribution in [0.1, 0.15) is 56.2 Å². The van der Waals surface area contributed by atoms with Crippen LogP contribution in [0.4, 0.5) is 28.7 Å². The number of rotatable bonds is 10. The van der Waals surface area contributed by atoms with Crippen LogP contribution in [0.3, 0.4) is 0 Å². The molecule has 3 aliphatic heterocycles. The fourth-order valence-corrected chi connectivity index (χ4v) is 7.62. The molecule has 1 aromatic heterocycles. The maximum absolute atomic E-state index is 12.6. The lowest BCUT2D eigenvalue weighted by molar-refractivity contribution is -0.111. The summed E-state index contributed by atoms with van der Waals surface area (Å²) in [5, 5.41) is 17.6. The molecule has 2 aromatic carbocycles. The predicted octanol–water partition coefficient (Wildman–Crippen LogP) is 5.25. The Kier molecular flexibility index (Phi) is 9.66. The van der Waals surface area contributed by atoms with E-state index in [0.29, 0.717) is 53.0 Å². The Morgan fingerprint density at radius 2 is 1.88 bits per heavy atom. The van der Waals surface area contributed by atoms with Crippen LogP contribution < -0.4 is 25.3 Å². The molecule has 4 heterocycles. The van der Waals surface area contributed by atoms with Crippen molar-refractivity contribution in [3.05, 3.63) is 72.6 Å². The van der Waals surface area contributed by atoms with Crippen LogP contribution in [0, 0.1) is 11.3 Å². The molecular formula is C37H45N9O3. The first-order valence-electron chi connectivity index (χ1n) is 17.4. The van der Waals surface area contributed by atoms with Crippen molar-refractivity contribution in [1.82, 2.24) is 19.8 Å². The fraction of sp³-hybridized carbons (Fsp3) is 0.459. The van der Waals surface area contributed by atoms with E-state index in [9.17, 15) is 10.1 Å². The van der Waals surface area contributed by atoms with E-state index >= 15 is 0 Å². The summed E-state index contributed by atoms with van der Waals surface area (Å²) in [4.78, 5) is 35.3. The van der Waals surface area contributed by atoms with Gasteiger partial charge in [-0.2, -0.15) is 5.26 Å². The van der Waals surface area contributed by atoms with Gasteiger partial charge in [0.2, 0.25) is 5.91 Å². The first-order valence-corrected chi connectivity index (χ1v) is 17.4. The van der Waals surface area contributed by atoms with Gasteiger partial charge in [-0.05, 0) is 62.4 Å². The second kappa shape index (κ2) is 14.4. The number of piperazine rings is 1. The van der Waals surface area contributed by atoms with Crippen LogP contribution in [0.15, 0.2) is 61.4 Å². The van der Waals surface area contributed by atoms with Crippen molar-refractivity contribution < 1.29 is 14.4 Å². The van der Waals surface area contributed by atoms with Crippen LogP contribution >= 0.6 is 0 Å². The third-order valence-electron chi connectivity index (χ3n) is 10.3. The standard InChI is InChI=1S/C37H45N9O3/c1-4-37(47)42-30-19-31(41-35-21-36(40-24-39-35)46-32(12-17-49-46)27-7-5-6-26(18-27)22-38)34(48-3)20-33(30)43-13-10-28(11-14-43)44-15-16-45(25(2)23-44)29-8-9-29/h4-7,18-21,24-25,28-29,32H,1,8-17,23H2,2-3H3,(H,42,47)(H,39,40,41)/t25-,32-/m1/s1. The number of hydrogen-bond acceptors (Lipinski definition) is 11. The molecule has 3 aromatic rings. The lowest BCUT2D eigenvalue weighted by Gasteiger charge is -2.46. The van der Waals surface area contributed by atoms with Gasteiger partial charge in [-0.1, -0.05) is 18.7 Å². The molecule has 1 saturated carbocycles. The van der Waals surface area contributed by atoms with Crippen molar-refractivity contribution >= 4 is 34.6 Å². The summed E-state index contributed by atoms with van der Waals surface area (Å²) in [5.41, 5.74) is 3.82. The molecule has 0 spiro atoms. The van der Waals surface area contributed by atoms with E-state index in [-0.39, 0.29) is 11.9 Å². The van der Waals surface area contributed by atoms with Crippen LogP contribution in [0.2, 0.25) is 0 Å². The average molecular weight is 664 g/mol. The quantitative estimate of drug-likeness (QED) is 0.277. The van der Waals surface area contributed by atoms with Crippen LogP contribution in [0.5, 0.6) is 5.75 Å². The number of amides is 1. The average Bonchev–Trinajstić information content (AvgIpc) is 3.86. The third-order valence-corrected chi connectivity index (χ3v) is 10.3. The van der Waals surface area contributed by atoms with Crippen molar-refractivity contribution in [2.24, 2.45) is 0 Å². The second-order valence-electron chi connectivity index (χ2n) is 13.4. The van der Waals surface area contributed by atoms with Gasteiger partial charge >= 0.3 is 0 Å². The van der Waals surface area contributed by atoms with Crippen molar-refractivity contribution in [3.8, 4) is 11.8 Å². The zero-order chi connectivity index (χ0) is 33.9. The highest BCUT2D eigenvalue weighted by Gasteiger charge is 2.37. The Morgan fingerprint density at radius 3 is 2.61 bits per heavy atom. The van der Waals surface area contributed by atoms with Gasteiger partial charge in [0, 0.05) is 69.4 Å². The van der Waals surface area contributed by atoms with Gasteiger partial charge in [0.05, 0.1) is 48.5 Å². The second-order valence-corrected chi connectivity index (χ2v) is 13.4. The number of methoxy groups -OCH3 is 1. The Bertz CT molecular complexity index is 1720. The number of benzene rings is 2. The molecule has 0 unspecified atom stereocenters. The minimum absolute atomic E-state index is 0.0922. The zero-order valence-corrected chi connectivity index (χ0v) is 28.3. The molecule has 0 bridgehead atoms. The first-order chi connectivity index (χ1) is 23.9. The summed E-state index contributed by atoms with van der Waals surface area (Å²) in [7, 11) is 1.64. The predicted molar refractivity (Wildman–Crippen MR) is 190 cm³/mol. The van der Waals surface area contributed by atoms with Gasteiger partial charge in [0.15, 0.2) is 5.82 Å². The van der Waals surface area contributed by atoms with Gasteiger partial charge in [-0.3, -0.25) is 19.4 Å². The minimum atomic E-state index is -0.281. The molecule has 4 aliphatic rings. The highest BCUT2D eigenvalue weighted by Crippen LogP contribution is 2.41. The van der Waals surface area contributed by atoms with Crippen LogP contribution in [-0.2, 0) is 9.63 Å². The number of piperidine rings is 1. The first kappa shape index (κ1) is 32.8. The minimum Gasteiger partial charge on any atom is -0.494 e. The molecule has 1 amide bonds. The number of nitrogens with zero attached hydrogens (tertiary/aromatic N) is 7. The highest BCUT2D eigenvalue weighted by atomic mass is 16.7. The normalized spacial score (nSPS) is 22.1. The number of carbonyl (C=O) groups excluding carboxylic acids is 1. The van der Waals surface area contributed by atoms with Gasteiger partial charge in [-0.25, -0.2) is 15.0 Å². The van der Waals surface area contributed by atoms with Gasteiger partial charge in [0.1, 0.15) is 17.9 Å². The molecule has 49 heavy (non-hydrogen) atoms. The van der Waals surface area contributed by atoms with E-state index in [0.717, 1.165) is 62.7 Å². The lowest BCUT2D eigenvalue weighted by Crippen LogP contribution is -2.57. The lowest BCUT2D eigenvalue weighted by atomic mass is 9.99. The van der Waals surface area contributed by atoms with E-state index in [4.69, 9.17) is 9.57 Å². The number of nitrogens with one attached hydrogen (secondary N) is 2. The third kappa shape index (κ3) is 7.20. The summed E-state index contributed by atoms with van der Waals surface area (Å²) in [6, 6.07) is 17.4. The Hall–Kier alpha value is -4.70. The summed E-state index contributed by atoms with van der Waals surface area (Å²) >= 11 is 0. The van der Waals surface area contributed by atoms with Crippen molar-refractivity contribution in [1.29, 1.82) is 5.26 Å². The molecule has 256 valence electrons. The molecule has 0 radical (unpaired) electrons. The molecular weight excluding hydrogens is 618 g/mol. The van der Waals surface area contributed by atoms with Crippen LogP contribution in [-0.4, -0.2) is 90.2 Å². The Morgan fingerprint density at radius 1 is 1.04 bits per heavy atom. The van der Waals surface area contributed by atoms with E-state index in [1.807, 2.05) is 36.4 Å². The van der Waals surface area contributed by atoms with Gasteiger partial charge in [0.25, 0.3) is 0 Å². The summed E-state index contributed by atoms with van der Waals surface area (Å²) < 4.78 is 5.88. The van der Waals surface area contributed by atoms with Crippen molar-refractivity contribution in [2.75, 3.05) is 67.0 Å². The van der Waals surface area contributed by atoms with Gasteiger partial charge < -0.3 is 20.3 Å². The molecule has 12 nitrogen and oxygen atoms in total. The zero-order valence-electron chi connectivity index (χ0n) is 28.3. The molecule has 2 N–H and O–H groups in total. The van der Waals surface area contributed by atoms with Crippen molar-refractivity contribution in [3.63, 3.8) is 0 Å². The Labute approximate surface area is 288 Å².